The van der Waals surface area contributed by atoms with Crippen LogP contribution in [0.1, 0.15) is 117 Å². The Morgan fingerprint density at radius 1 is 0.552 bits per heavy atom. The number of ether oxygens (including phenoxy) is 5. The number of carbonyl (C=O) groups is 9. The first-order valence-corrected chi connectivity index (χ1v) is 29.6. The average molecular weight is 1210 g/mol. The largest absolute Gasteiger partial charge is 0.459 e. The Labute approximate surface area is 510 Å². The minimum Gasteiger partial charge on any atom is -0.459 e. The first-order chi connectivity index (χ1) is 41.4. The molecule has 0 bridgehead atoms. The number of primary amides is 1. The fourth-order valence-corrected chi connectivity index (χ4v) is 9.43. The van der Waals surface area contributed by atoms with Crippen LogP contribution in [0.2, 0.25) is 0 Å². The second kappa shape index (κ2) is 34.8. The lowest BCUT2D eigenvalue weighted by Gasteiger charge is -2.33. The van der Waals surface area contributed by atoms with Crippen LogP contribution in [0.15, 0.2) is 121 Å². The Balaban J connectivity index is 1.36. The predicted molar refractivity (Wildman–Crippen MR) is 324 cm³/mol. The molecule has 0 unspecified atom stereocenters. The minimum atomic E-state index is -1.51. The zero-order valence-corrected chi connectivity index (χ0v) is 51.4. The van der Waals surface area contributed by atoms with Crippen molar-refractivity contribution in [2.24, 2.45) is 17.6 Å². The molecule has 4 aromatic rings. The van der Waals surface area contributed by atoms with E-state index in [4.69, 9.17) is 29.4 Å². The van der Waals surface area contributed by atoms with Crippen LogP contribution in [0.4, 0.5) is 4.79 Å². The Hall–Kier alpha value is -8.21. The molecule has 472 valence electrons. The van der Waals surface area contributed by atoms with Gasteiger partial charge in [0.05, 0.1) is 38.6 Å². The van der Waals surface area contributed by atoms with Gasteiger partial charge < -0.3 is 66.2 Å². The zero-order chi connectivity index (χ0) is 63.6. The summed E-state index contributed by atoms with van der Waals surface area (Å²) in [6.07, 6.45) is -2.94. The van der Waals surface area contributed by atoms with Crippen molar-refractivity contribution in [3.05, 3.63) is 144 Å². The highest BCUT2D eigenvalue weighted by Gasteiger charge is 2.43. The third-order valence-corrected chi connectivity index (χ3v) is 14.1. The maximum Gasteiger partial charge on any atom is 0.408 e. The van der Waals surface area contributed by atoms with E-state index in [2.05, 4.69) is 31.9 Å². The van der Waals surface area contributed by atoms with Crippen LogP contribution in [0.25, 0.3) is 0 Å². The minimum absolute atomic E-state index is 0.00978. The summed E-state index contributed by atoms with van der Waals surface area (Å²) in [7, 11) is 0. The van der Waals surface area contributed by atoms with Crippen LogP contribution in [0, 0.1) is 11.8 Å². The molecule has 5 rings (SSSR count). The summed E-state index contributed by atoms with van der Waals surface area (Å²) in [5, 5.41) is 16.3. The monoisotopic (exact) mass is 1200 g/mol. The Bertz CT molecular complexity index is 2860. The smallest absolute Gasteiger partial charge is 0.408 e. The van der Waals surface area contributed by atoms with Crippen LogP contribution >= 0.6 is 0 Å². The number of nitrogens with one attached hydrogen (secondary N) is 6. The number of nitrogens with two attached hydrogens (primary N) is 1. The lowest BCUT2D eigenvalue weighted by Crippen LogP contribution is -2.62. The van der Waals surface area contributed by atoms with E-state index in [0.29, 0.717) is 6.42 Å². The summed E-state index contributed by atoms with van der Waals surface area (Å²) < 4.78 is 29.3. The van der Waals surface area contributed by atoms with Crippen molar-refractivity contribution in [1.29, 1.82) is 0 Å². The molecule has 0 saturated carbocycles. The molecular formula is C65H88N8O14. The molecular weight excluding hydrogens is 1120 g/mol. The van der Waals surface area contributed by atoms with Crippen molar-refractivity contribution in [1.82, 2.24) is 36.8 Å². The van der Waals surface area contributed by atoms with E-state index in [-0.39, 0.29) is 71.2 Å². The summed E-state index contributed by atoms with van der Waals surface area (Å²) in [6.45, 7) is 15.1. The number of nitrogens with zero attached hydrogens (tertiary/aromatic N) is 1. The number of hydrogen-bond donors (Lipinski definition) is 7. The second-order valence-electron chi connectivity index (χ2n) is 23.4. The fraction of sp³-hybridized carbons (Fsp3) is 0.492. The van der Waals surface area contributed by atoms with Gasteiger partial charge in [-0.1, -0.05) is 149 Å². The molecule has 0 aliphatic carbocycles. The van der Waals surface area contributed by atoms with Crippen LogP contribution < -0.4 is 37.6 Å². The van der Waals surface area contributed by atoms with Crippen molar-refractivity contribution < 1.29 is 66.8 Å². The number of hydrogen-bond acceptors (Lipinski definition) is 14. The lowest BCUT2D eigenvalue weighted by atomic mass is 9.99. The molecule has 0 aromatic heterocycles. The molecule has 87 heavy (non-hydrogen) atoms. The van der Waals surface area contributed by atoms with E-state index in [1.807, 2.05) is 123 Å². The van der Waals surface area contributed by atoms with E-state index in [9.17, 15) is 38.4 Å². The molecule has 0 radical (unpaired) electrons. The molecule has 1 heterocycles. The van der Waals surface area contributed by atoms with E-state index < -0.39 is 119 Å². The number of alkyl carbamates (subject to hydrolysis) is 1. The number of carbonyl (C=O) groups excluding carboxylic acids is 9. The van der Waals surface area contributed by atoms with Crippen LogP contribution in [-0.4, -0.2) is 132 Å². The first-order valence-electron chi connectivity index (χ1n) is 29.6. The summed E-state index contributed by atoms with van der Waals surface area (Å²) >= 11 is 0. The van der Waals surface area contributed by atoms with Gasteiger partial charge >= 0.3 is 12.1 Å². The quantitative estimate of drug-likeness (QED) is 0.0293. The van der Waals surface area contributed by atoms with Gasteiger partial charge in [-0.15, -0.1) is 0 Å². The van der Waals surface area contributed by atoms with Gasteiger partial charge in [0.25, 0.3) is 0 Å². The third kappa shape index (κ3) is 23.9. The number of likely N-dealkylation sites (tertiary alicyclic amines) is 1. The van der Waals surface area contributed by atoms with Gasteiger partial charge in [0.15, 0.2) is 6.04 Å². The molecule has 9 atom stereocenters. The Kier molecular flexibility index (Phi) is 27.8. The zero-order valence-electron chi connectivity index (χ0n) is 51.4. The highest BCUT2D eigenvalue weighted by Crippen LogP contribution is 2.22. The van der Waals surface area contributed by atoms with Crippen LogP contribution in [0.5, 0.6) is 0 Å². The molecule has 22 nitrogen and oxygen atoms in total. The fourth-order valence-electron chi connectivity index (χ4n) is 9.43. The van der Waals surface area contributed by atoms with Crippen molar-refractivity contribution in [2.75, 3.05) is 13.2 Å². The molecule has 1 aliphatic rings. The predicted octanol–water partition coefficient (Wildman–Crippen LogP) is 5.43. The highest BCUT2D eigenvalue weighted by atomic mass is 16.6. The van der Waals surface area contributed by atoms with E-state index in [1.165, 1.54) is 4.90 Å². The van der Waals surface area contributed by atoms with Crippen molar-refractivity contribution in [2.45, 2.75) is 181 Å². The standard InChI is InChI=1S/C65H88N8O14/c1-41(2)35-50(58(76)70-54(42(3)4)61(79)72-56(44(6)85-38-47-27-18-12-19-28-47)63(81)86-39-48-29-20-13-21-30-48)68-60(78)52-31-22-34-73(52)62(80)55(43(5)84-37-46-25-16-11-17-26-46)71-57(75)49(32-33-53(66)74)67-59(77)51(69-64(82)87-65(7,8)9)40-83-36-45-23-14-10-15-24-45/h10-21,23-30,41-44,49-52,54-56H,22,31-40H2,1-9H3,(H2,66,74)(H,67,77)(H,68,78)(H,69,82)(H,70,76)(H,71,75)(H,72,79)/t43-,44-,49+,50+,51+,52+,54+,55+,56+/m1/s1. The summed E-state index contributed by atoms with van der Waals surface area (Å²) in [5.74, 6) is -6.81. The summed E-state index contributed by atoms with van der Waals surface area (Å²) in [4.78, 5) is 128. The normalized spacial score (nSPS) is 15.9. The molecule has 1 saturated heterocycles. The lowest BCUT2D eigenvalue weighted by molar-refractivity contribution is -0.154. The van der Waals surface area contributed by atoms with Gasteiger partial charge in [-0.2, -0.15) is 0 Å². The number of benzene rings is 4. The number of rotatable bonds is 33. The van der Waals surface area contributed by atoms with Gasteiger partial charge in [0.1, 0.15) is 48.5 Å². The van der Waals surface area contributed by atoms with Gasteiger partial charge in [-0.05, 0) is 94.4 Å². The van der Waals surface area contributed by atoms with Gasteiger partial charge in [0, 0.05) is 13.0 Å². The molecule has 8 N–H and O–H groups in total. The topological polar surface area (TPSA) is 301 Å². The first kappa shape index (κ1) is 69.6. The molecule has 1 fully saturated rings. The summed E-state index contributed by atoms with van der Waals surface area (Å²) in [6, 6.07) is 27.2. The Morgan fingerprint density at radius 3 is 1.53 bits per heavy atom. The second-order valence-corrected chi connectivity index (χ2v) is 23.4. The van der Waals surface area contributed by atoms with Crippen LogP contribution in [-0.2, 0) is 88.5 Å². The molecule has 22 heteroatoms. The average Bonchev–Trinajstić information content (AvgIpc) is 3.87. The number of esters is 1. The Morgan fingerprint density at radius 2 is 1.02 bits per heavy atom. The van der Waals surface area contributed by atoms with Gasteiger partial charge in [-0.3, -0.25) is 33.6 Å². The SMILES string of the molecule is CC(C)C[C@H](NC(=O)[C@@H]1CCCN1C(=O)[C@@H](NC(=O)[C@H](CCC(N)=O)NC(=O)[C@H](COCc1ccccc1)NC(=O)OC(C)(C)C)[C@@H](C)OCc1ccccc1)C(=O)N[C@H](C(=O)N[C@H](C(=O)OCc1ccccc1)[C@@H](C)OCc1ccccc1)C(C)C. The van der Waals surface area contributed by atoms with Crippen molar-refractivity contribution >= 4 is 53.4 Å². The summed E-state index contributed by atoms with van der Waals surface area (Å²) in [5.41, 5.74) is 7.71. The molecule has 8 amide bonds. The third-order valence-electron chi connectivity index (χ3n) is 14.1. The molecule has 0 spiro atoms. The maximum atomic E-state index is 15.1. The van der Waals surface area contributed by atoms with E-state index in [0.717, 1.165) is 22.3 Å². The molecule has 1 aliphatic heterocycles. The van der Waals surface area contributed by atoms with Gasteiger partial charge in [0.2, 0.25) is 41.4 Å². The van der Waals surface area contributed by atoms with Gasteiger partial charge in [-0.25, -0.2) is 9.59 Å². The number of amides is 8. The van der Waals surface area contributed by atoms with E-state index in [1.54, 1.807) is 60.6 Å². The van der Waals surface area contributed by atoms with E-state index >= 15 is 4.79 Å². The molecule has 4 aromatic carbocycles. The van der Waals surface area contributed by atoms with Crippen LogP contribution in [0.3, 0.4) is 0 Å². The van der Waals surface area contributed by atoms with Crippen molar-refractivity contribution in [3.8, 4) is 0 Å². The highest BCUT2D eigenvalue weighted by molar-refractivity contribution is 5.98. The maximum absolute atomic E-state index is 15.1. The van der Waals surface area contributed by atoms with Crippen molar-refractivity contribution in [3.63, 3.8) is 0 Å².